The zero-order valence-corrected chi connectivity index (χ0v) is 18.0. The third-order valence-electron chi connectivity index (χ3n) is 4.11. The highest BCUT2D eigenvalue weighted by Gasteiger charge is 2.27. The minimum Gasteiger partial charge on any atom is -0.506 e. The number of nitrogens with zero attached hydrogens (tertiary/aromatic N) is 3. The van der Waals surface area contributed by atoms with Gasteiger partial charge >= 0.3 is 0 Å². The van der Waals surface area contributed by atoms with E-state index in [2.05, 4.69) is 60.7 Å². The fourth-order valence-electron chi connectivity index (χ4n) is 3.51. The van der Waals surface area contributed by atoms with Gasteiger partial charge in [-0.05, 0) is 55.5 Å². The molecule has 2 aromatic carbocycles. The molecule has 0 bridgehead atoms. The SMILES string of the molecule is CC(C)(C)CC(C)(C)Oc1ccc2nn(-c3cc(CBr)ccc3O)nc2c1. The molecule has 0 fully saturated rings. The smallest absolute Gasteiger partial charge is 0.143 e. The van der Waals surface area contributed by atoms with E-state index in [1.807, 2.05) is 30.3 Å². The highest BCUT2D eigenvalue weighted by molar-refractivity contribution is 9.08. The van der Waals surface area contributed by atoms with Gasteiger partial charge in [0, 0.05) is 11.4 Å². The number of hydrogen-bond donors (Lipinski definition) is 1. The minimum atomic E-state index is -0.287. The number of aromatic nitrogens is 3. The van der Waals surface area contributed by atoms with E-state index in [0.29, 0.717) is 11.0 Å². The molecule has 144 valence electrons. The van der Waals surface area contributed by atoms with Gasteiger partial charge in [-0.2, -0.15) is 0 Å². The van der Waals surface area contributed by atoms with Crippen LogP contribution in [0.5, 0.6) is 11.5 Å². The molecule has 0 spiro atoms. The van der Waals surface area contributed by atoms with Gasteiger partial charge < -0.3 is 9.84 Å². The lowest BCUT2D eigenvalue weighted by atomic mass is 9.83. The molecule has 0 unspecified atom stereocenters. The monoisotopic (exact) mass is 431 g/mol. The van der Waals surface area contributed by atoms with Crippen LogP contribution in [0.2, 0.25) is 0 Å². The van der Waals surface area contributed by atoms with Gasteiger partial charge in [-0.15, -0.1) is 15.0 Å². The van der Waals surface area contributed by atoms with E-state index < -0.39 is 0 Å². The second kappa shape index (κ2) is 7.15. The first-order chi connectivity index (χ1) is 12.6. The number of halogens is 1. The molecule has 3 aromatic rings. The number of alkyl halides is 1. The lowest BCUT2D eigenvalue weighted by Gasteiger charge is -2.33. The van der Waals surface area contributed by atoms with Gasteiger partial charge in [-0.25, -0.2) is 0 Å². The van der Waals surface area contributed by atoms with E-state index in [9.17, 15) is 5.11 Å². The Hall–Kier alpha value is -2.08. The second-order valence-electron chi connectivity index (χ2n) is 8.70. The highest BCUT2D eigenvalue weighted by atomic mass is 79.9. The van der Waals surface area contributed by atoms with Gasteiger partial charge in [-0.1, -0.05) is 42.8 Å². The van der Waals surface area contributed by atoms with Crippen molar-refractivity contribution in [1.82, 2.24) is 15.0 Å². The molecule has 0 radical (unpaired) electrons. The summed E-state index contributed by atoms with van der Waals surface area (Å²) in [7, 11) is 0. The number of ether oxygens (including phenoxy) is 1. The first-order valence-corrected chi connectivity index (χ1v) is 10.1. The van der Waals surface area contributed by atoms with Crippen molar-refractivity contribution in [2.75, 3.05) is 0 Å². The van der Waals surface area contributed by atoms with Crippen molar-refractivity contribution in [3.05, 3.63) is 42.0 Å². The van der Waals surface area contributed by atoms with Gasteiger partial charge in [0.05, 0.1) is 0 Å². The molecule has 1 N–H and O–H groups in total. The average Bonchev–Trinajstić information content (AvgIpc) is 2.95. The molecule has 0 saturated carbocycles. The fraction of sp³-hybridized carbons (Fsp3) is 0.429. The molecular formula is C21H26BrN3O2. The predicted molar refractivity (Wildman–Crippen MR) is 112 cm³/mol. The van der Waals surface area contributed by atoms with E-state index >= 15 is 0 Å². The number of phenols is 1. The topological polar surface area (TPSA) is 60.2 Å². The zero-order valence-electron chi connectivity index (χ0n) is 16.5. The molecular weight excluding hydrogens is 406 g/mol. The fourth-order valence-corrected chi connectivity index (χ4v) is 3.86. The van der Waals surface area contributed by atoms with Crippen LogP contribution in [0.1, 0.15) is 46.6 Å². The van der Waals surface area contributed by atoms with Crippen molar-refractivity contribution in [3.8, 4) is 17.2 Å². The molecule has 0 saturated heterocycles. The normalized spacial score (nSPS) is 12.5. The molecule has 0 aliphatic rings. The molecule has 0 aliphatic carbocycles. The summed E-state index contributed by atoms with van der Waals surface area (Å²) in [5.74, 6) is 0.907. The lowest BCUT2D eigenvalue weighted by molar-refractivity contribution is 0.0623. The quantitative estimate of drug-likeness (QED) is 0.532. The van der Waals surface area contributed by atoms with Crippen LogP contribution in [0.3, 0.4) is 0 Å². The van der Waals surface area contributed by atoms with Gasteiger partial charge in [0.25, 0.3) is 0 Å². The summed E-state index contributed by atoms with van der Waals surface area (Å²) in [5.41, 5.74) is 2.96. The first kappa shape index (κ1) is 19.7. The lowest BCUT2D eigenvalue weighted by Crippen LogP contribution is -2.33. The third-order valence-corrected chi connectivity index (χ3v) is 4.76. The number of benzene rings is 2. The van der Waals surface area contributed by atoms with Crippen LogP contribution in [0, 0.1) is 5.41 Å². The first-order valence-electron chi connectivity index (χ1n) is 9.01. The van der Waals surface area contributed by atoms with Crippen molar-refractivity contribution >= 4 is 27.0 Å². The Morgan fingerprint density at radius 1 is 1.00 bits per heavy atom. The Kier molecular flexibility index (Phi) is 5.21. The minimum absolute atomic E-state index is 0.141. The number of aromatic hydroxyl groups is 1. The van der Waals surface area contributed by atoms with Crippen LogP contribution in [0.15, 0.2) is 36.4 Å². The van der Waals surface area contributed by atoms with E-state index in [1.54, 1.807) is 6.07 Å². The molecule has 6 heteroatoms. The summed E-state index contributed by atoms with van der Waals surface area (Å²) in [5, 5.41) is 19.9. The van der Waals surface area contributed by atoms with Gasteiger partial charge in [0.1, 0.15) is 33.8 Å². The summed E-state index contributed by atoms with van der Waals surface area (Å²) in [6, 6.07) is 11.1. The molecule has 5 nitrogen and oxygen atoms in total. The standard InChI is InChI=1S/C21H26BrN3O2/c1-20(2,3)13-21(4,5)27-15-7-8-16-17(11-15)24-25(23-16)18-10-14(12-22)6-9-19(18)26/h6-11,26H,12-13H2,1-5H3. The summed E-state index contributed by atoms with van der Waals surface area (Å²) in [6.45, 7) is 10.8. The third kappa shape index (κ3) is 4.80. The van der Waals surface area contributed by atoms with E-state index in [0.717, 1.165) is 28.8 Å². The summed E-state index contributed by atoms with van der Waals surface area (Å²) >= 11 is 3.43. The molecule has 3 rings (SSSR count). The Balaban J connectivity index is 1.92. The molecule has 0 atom stereocenters. The molecule has 1 heterocycles. The Labute approximate surface area is 168 Å². The van der Waals surface area contributed by atoms with Crippen molar-refractivity contribution in [1.29, 1.82) is 0 Å². The van der Waals surface area contributed by atoms with Crippen molar-refractivity contribution in [2.24, 2.45) is 5.41 Å². The maximum Gasteiger partial charge on any atom is 0.143 e. The number of fused-ring (bicyclic) bond motifs is 1. The summed E-state index contributed by atoms with van der Waals surface area (Å²) in [6.07, 6.45) is 0.929. The zero-order chi connectivity index (χ0) is 19.8. The van der Waals surface area contributed by atoms with E-state index in [-0.39, 0.29) is 16.8 Å². The van der Waals surface area contributed by atoms with E-state index in [4.69, 9.17) is 4.74 Å². The Morgan fingerprint density at radius 3 is 2.37 bits per heavy atom. The number of rotatable bonds is 5. The molecule has 0 aliphatic heterocycles. The maximum atomic E-state index is 10.2. The van der Waals surface area contributed by atoms with Crippen LogP contribution in [0.4, 0.5) is 0 Å². The molecule has 27 heavy (non-hydrogen) atoms. The van der Waals surface area contributed by atoms with Crippen LogP contribution in [-0.2, 0) is 5.33 Å². The Morgan fingerprint density at radius 2 is 1.70 bits per heavy atom. The van der Waals surface area contributed by atoms with Gasteiger partial charge in [0.2, 0.25) is 0 Å². The number of phenolic OH excluding ortho intramolecular Hbond substituents is 1. The van der Waals surface area contributed by atoms with Crippen molar-refractivity contribution < 1.29 is 9.84 Å². The summed E-state index contributed by atoms with van der Waals surface area (Å²) < 4.78 is 6.23. The average molecular weight is 432 g/mol. The van der Waals surface area contributed by atoms with Crippen LogP contribution < -0.4 is 4.74 Å². The van der Waals surface area contributed by atoms with E-state index in [1.165, 1.54) is 4.80 Å². The predicted octanol–water partition coefficient (Wildman–Crippen LogP) is 5.61. The maximum absolute atomic E-state index is 10.2. The van der Waals surface area contributed by atoms with Gasteiger partial charge in [0.15, 0.2) is 0 Å². The van der Waals surface area contributed by atoms with Crippen LogP contribution >= 0.6 is 15.9 Å². The van der Waals surface area contributed by atoms with Crippen LogP contribution in [-0.4, -0.2) is 25.7 Å². The largest absolute Gasteiger partial charge is 0.506 e. The molecule has 0 amide bonds. The highest BCUT2D eigenvalue weighted by Crippen LogP contribution is 2.32. The second-order valence-corrected chi connectivity index (χ2v) is 9.26. The Bertz CT molecular complexity index is 958. The van der Waals surface area contributed by atoms with Gasteiger partial charge in [-0.3, -0.25) is 0 Å². The molecule has 1 aromatic heterocycles. The van der Waals surface area contributed by atoms with Crippen LogP contribution in [0.25, 0.3) is 16.7 Å². The van der Waals surface area contributed by atoms with Crippen molar-refractivity contribution in [2.45, 2.75) is 52.0 Å². The number of hydrogen-bond acceptors (Lipinski definition) is 4. The summed E-state index contributed by atoms with van der Waals surface area (Å²) in [4.78, 5) is 1.47. The van der Waals surface area contributed by atoms with Crippen molar-refractivity contribution in [3.63, 3.8) is 0 Å².